The first-order valence-corrected chi connectivity index (χ1v) is 10.9. The number of aromatic amines is 2. The van der Waals surface area contributed by atoms with Crippen LogP contribution in [0, 0.1) is 5.82 Å². The van der Waals surface area contributed by atoms with E-state index in [1.807, 2.05) is 36.5 Å². The minimum Gasteiger partial charge on any atom is -0.361 e. The van der Waals surface area contributed by atoms with Gasteiger partial charge in [0.25, 0.3) is 5.91 Å². The van der Waals surface area contributed by atoms with Gasteiger partial charge in [0.15, 0.2) is 5.82 Å². The van der Waals surface area contributed by atoms with Crippen molar-refractivity contribution in [3.05, 3.63) is 65.7 Å². The van der Waals surface area contributed by atoms with Gasteiger partial charge in [-0.2, -0.15) is 0 Å². The maximum Gasteiger partial charge on any atom is 0.269 e. The summed E-state index contributed by atoms with van der Waals surface area (Å²) in [4.78, 5) is 34.0. The fraction of sp³-hybridized carbons (Fsp3) is 0.231. The number of amides is 2. The Morgan fingerprint density at radius 2 is 1.91 bits per heavy atom. The second kappa shape index (κ2) is 7.92. The van der Waals surface area contributed by atoms with Crippen LogP contribution in [0.3, 0.4) is 0 Å². The number of aromatic nitrogens is 2. The third kappa shape index (κ3) is 3.59. The molecule has 0 radical (unpaired) electrons. The Hall–Kier alpha value is -3.87. The van der Waals surface area contributed by atoms with Gasteiger partial charge in [-0.1, -0.05) is 12.1 Å². The lowest BCUT2D eigenvalue weighted by atomic mass is 9.93. The minimum absolute atomic E-state index is 0.0287. The topological polar surface area (TPSA) is 72.2 Å². The van der Waals surface area contributed by atoms with E-state index in [0.717, 1.165) is 27.6 Å². The summed E-state index contributed by atoms with van der Waals surface area (Å²) < 4.78 is 15.9. The van der Waals surface area contributed by atoms with Gasteiger partial charge in [-0.3, -0.25) is 9.59 Å². The largest absolute Gasteiger partial charge is 0.361 e. The first-order chi connectivity index (χ1) is 15.8. The van der Waals surface area contributed by atoms with E-state index in [0.29, 0.717) is 41.7 Å². The average molecular weight is 445 g/mol. The molecule has 0 bridgehead atoms. The second-order valence-corrected chi connectivity index (χ2v) is 8.70. The fourth-order valence-electron chi connectivity index (χ4n) is 4.52. The summed E-state index contributed by atoms with van der Waals surface area (Å²) in [6, 6.07) is 11.6. The summed E-state index contributed by atoms with van der Waals surface area (Å²) in [5.74, 6) is -0.663. The number of hydrogen-bond acceptors (Lipinski definition) is 2. The van der Waals surface area contributed by atoms with Crippen molar-refractivity contribution in [3.8, 4) is 11.1 Å². The van der Waals surface area contributed by atoms with Gasteiger partial charge in [-0.15, -0.1) is 0 Å². The molecule has 2 N–H and O–H groups in total. The summed E-state index contributed by atoms with van der Waals surface area (Å²) in [5, 5.41) is 1.70. The molecule has 5 rings (SSSR count). The Bertz CT molecular complexity index is 1440. The smallest absolute Gasteiger partial charge is 0.269 e. The highest BCUT2D eigenvalue weighted by atomic mass is 19.1. The molecule has 0 atom stereocenters. The SMILES string of the molecule is CC(=O)N1CCC=C(c2cc(-c3ccc4[nH]ccc4c3)c3cc(C(=O)N(C)C)[nH]c3c2F)C1. The summed E-state index contributed by atoms with van der Waals surface area (Å²) in [6.07, 6.45) is 4.55. The molecule has 168 valence electrons. The Labute approximate surface area is 190 Å². The molecule has 0 unspecified atom stereocenters. The molecule has 0 fully saturated rings. The molecule has 6 nitrogen and oxygen atoms in total. The fourth-order valence-corrected chi connectivity index (χ4v) is 4.52. The second-order valence-electron chi connectivity index (χ2n) is 8.70. The molecule has 1 aliphatic heterocycles. The number of carbonyl (C=O) groups excluding carboxylic acids is 2. The van der Waals surface area contributed by atoms with Crippen molar-refractivity contribution < 1.29 is 14.0 Å². The lowest BCUT2D eigenvalue weighted by Crippen LogP contribution is -2.33. The van der Waals surface area contributed by atoms with E-state index in [1.165, 1.54) is 11.8 Å². The van der Waals surface area contributed by atoms with Crippen LogP contribution in [-0.2, 0) is 4.79 Å². The number of fused-ring (bicyclic) bond motifs is 2. The molecule has 2 amide bonds. The molecule has 4 aromatic rings. The van der Waals surface area contributed by atoms with Crippen molar-refractivity contribution in [3.63, 3.8) is 0 Å². The van der Waals surface area contributed by atoms with Crippen LogP contribution >= 0.6 is 0 Å². The molecule has 1 aliphatic rings. The zero-order valence-electron chi connectivity index (χ0n) is 18.8. The predicted molar refractivity (Wildman–Crippen MR) is 128 cm³/mol. The number of carbonyl (C=O) groups is 2. The number of rotatable bonds is 3. The highest BCUT2D eigenvalue weighted by molar-refractivity contribution is 6.05. The molecule has 0 aliphatic carbocycles. The van der Waals surface area contributed by atoms with Gasteiger partial charge in [-0.05, 0) is 58.8 Å². The standard InChI is InChI=1S/C26H25FN4O2/c1-15(32)31-10-4-5-18(14-31)20-12-19(16-6-7-22-17(11-16)8-9-28-22)21-13-23(26(33)30(2)3)29-25(21)24(20)27/h5-9,11-13,28-29H,4,10,14H2,1-3H3. The molecule has 0 saturated heterocycles. The average Bonchev–Trinajstić information content (AvgIpc) is 3.46. The number of nitrogens with zero attached hydrogens (tertiary/aromatic N) is 2. The summed E-state index contributed by atoms with van der Waals surface area (Å²) >= 11 is 0. The van der Waals surface area contributed by atoms with Crippen LogP contribution in [0.5, 0.6) is 0 Å². The number of halogens is 1. The Morgan fingerprint density at radius 3 is 2.67 bits per heavy atom. The van der Waals surface area contributed by atoms with Crippen LogP contribution in [0.2, 0.25) is 0 Å². The van der Waals surface area contributed by atoms with E-state index < -0.39 is 5.82 Å². The molecule has 2 aromatic carbocycles. The van der Waals surface area contributed by atoms with Gasteiger partial charge in [0, 0.05) is 56.8 Å². The summed E-state index contributed by atoms with van der Waals surface area (Å²) in [7, 11) is 3.33. The lowest BCUT2D eigenvalue weighted by molar-refractivity contribution is -0.128. The van der Waals surface area contributed by atoms with Crippen LogP contribution < -0.4 is 0 Å². The molecular weight excluding hydrogens is 419 g/mol. The third-order valence-electron chi connectivity index (χ3n) is 6.30. The Morgan fingerprint density at radius 1 is 1.09 bits per heavy atom. The zero-order valence-corrected chi connectivity index (χ0v) is 18.8. The first-order valence-electron chi connectivity index (χ1n) is 10.9. The van der Waals surface area contributed by atoms with Crippen LogP contribution in [0.1, 0.15) is 29.4 Å². The van der Waals surface area contributed by atoms with Gasteiger partial charge >= 0.3 is 0 Å². The van der Waals surface area contributed by atoms with Gasteiger partial charge in [-0.25, -0.2) is 4.39 Å². The predicted octanol–water partition coefficient (Wildman–Crippen LogP) is 4.79. The number of H-pyrrole nitrogens is 2. The van der Waals surface area contributed by atoms with E-state index >= 15 is 4.39 Å². The van der Waals surface area contributed by atoms with E-state index in [2.05, 4.69) is 16.0 Å². The van der Waals surface area contributed by atoms with Gasteiger partial charge in [0.2, 0.25) is 5.91 Å². The quantitative estimate of drug-likeness (QED) is 0.477. The first kappa shape index (κ1) is 21.0. The molecular formula is C26H25FN4O2. The van der Waals surface area contributed by atoms with Crippen LogP contribution in [-0.4, -0.2) is 58.8 Å². The van der Waals surface area contributed by atoms with Crippen molar-refractivity contribution in [1.29, 1.82) is 0 Å². The molecule has 7 heteroatoms. The van der Waals surface area contributed by atoms with Crippen molar-refractivity contribution in [2.24, 2.45) is 0 Å². The molecule has 0 spiro atoms. The summed E-state index contributed by atoms with van der Waals surface area (Å²) in [5.41, 5.74) is 4.62. The number of benzene rings is 2. The number of hydrogen-bond donors (Lipinski definition) is 2. The van der Waals surface area contributed by atoms with Crippen molar-refractivity contribution in [1.82, 2.24) is 19.8 Å². The monoisotopic (exact) mass is 444 g/mol. The highest BCUT2D eigenvalue weighted by Crippen LogP contribution is 2.37. The molecule has 0 saturated carbocycles. The van der Waals surface area contributed by atoms with Gasteiger partial charge in [0.05, 0.1) is 5.52 Å². The van der Waals surface area contributed by atoms with E-state index in [-0.39, 0.29) is 11.8 Å². The van der Waals surface area contributed by atoms with Crippen molar-refractivity contribution in [2.45, 2.75) is 13.3 Å². The maximum absolute atomic E-state index is 15.9. The van der Waals surface area contributed by atoms with Crippen molar-refractivity contribution >= 4 is 39.2 Å². The Balaban J connectivity index is 1.74. The third-order valence-corrected chi connectivity index (χ3v) is 6.30. The summed E-state index contributed by atoms with van der Waals surface area (Å²) in [6.45, 7) is 2.52. The van der Waals surface area contributed by atoms with Gasteiger partial charge < -0.3 is 19.8 Å². The van der Waals surface area contributed by atoms with E-state index in [9.17, 15) is 9.59 Å². The van der Waals surface area contributed by atoms with Crippen LogP contribution in [0.25, 0.3) is 38.5 Å². The maximum atomic E-state index is 15.9. The van der Waals surface area contributed by atoms with Crippen LogP contribution in [0.4, 0.5) is 4.39 Å². The van der Waals surface area contributed by atoms with E-state index in [4.69, 9.17) is 0 Å². The number of nitrogens with one attached hydrogen (secondary N) is 2. The van der Waals surface area contributed by atoms with Gasteiger partial charge in [0.1, 0.15) is 5.69 Å². The van der Waals surface area contributed by atoms with E-state index in [1.54, 1.807) is 25.1 Å². The normalized spacial score (nSPS) is 14.1. The van der Waals surface area contributed by atoms with Crippen molar-refractivity contribution in [2.75, 3.05) is 27.2 Å². The lowest BCUT2D eigenvalue weighted by Gasteiger charge is -2.27. The molecule has 2 aromatic heterocycles. The molecule has 3 heterocycles. The van der Waals surface area contributed by atoms with Crippen LogP contribution in [0.15, 0.2) is 48.7 Å². The zero-order chi connectivity index (χ0) is 23.3. The highest BCUT2D eigenvalue weighted by Gasteiger charge is 2.24. The minimum atomic E-state index is -0.411. The molecule has 33 heavy (non-hydrogen) atoms. The Kier molecular flexibility index (Phi) is 5.04.